The number of allylic oxidation sites excluding steroid dienone is 2. The molecule has 0 saturated carbocycles. The van der Waals surface area contributed by atoms with Gasteiger partial charge in [0.25, 0.3) is 0 Å². The van der Waals surface area contributed by atoms with E-state index in [0.29, 0.717) is 6.54 Å². The predicted octanol–water partition coefficient (Wildman–Crippen LogP) is 5.52. The number of aliphatic hydroxyl groups excluding tert-OH is 1. The normalized spacial score (nSPS) is 12.6. The number of aliphatic hydroxyl groups is 1. The number of hydrogen-bond acceptors (Lipinski definition) is 2. The lowest BCUT2D eigenvalue weighted by molar-refractivity contribution is -0.128. The van der Waals surface area contributed by atoms with Gasteiger partial charge in [-0.2, -0.15) is 0 Å². The van der Waals surface area contributed by atoms with E-state index in [1.807, 2.05) is 0 Å². The second-order valence-electron chi connectivity index (χ2n) is 6.90. The first-order chi connectivity index (χ1) is 11.7. The van der Waals surface area contributed by atoms with Crippen LogP contribution in [0.25, 0.3) is 0 Å². The van der Waals surface area contributed by atoms with Crippen molar-refractivity contribution in [3.05, 3.63) is 12.2 Å². The second-order valence-corrected chi connectivity index (χ2v) is 6.90. The summed E-state index contributed by atoms with van der Waals surface area (Å²) >= 11 is 0. The summed E-state index contributed by atoms with van der Waals surface area (Å²) in [6.07, 6.45) is 21.9. The van der Waals surface area contributed by atoms with Gasteiger partial charge >= 0.3 is 0 Å². The highest BCUT2D eigenvalue weighted by Crippen LogP contribution is 2.09. The number of unbranched alkanes of at least 4 members (excludes halogenated alkanes) is 12. The molecule has 0 unspecified atom stereocenters. The van der Waals surface area contributed by atoms with E-state index in [4.69, 9.17) is 5.11 Å². The highest BCUT2D eigenvalue weighted by molar-refractivity contribution is 5.79. The predicted molar refractivity (Wildman–Crippen MR) is 104 cm³/mol. The van der Waals surface area contributed by atoms with Crippen LogP contribution in [0.1, 0.15) is 104 Å². The van der Waals surface area contributed by atoms with Crippen molar-refractivity contribution in [2.24, 2.45) is 0 Å². The van der Waals surface area contributed by atoms with Crippen LogP contribution in [0.5, 0.6) is 0 Å². The van der Waals surface area contributed by atoms with Crippen molar-refractivity contribution in [1.29, 1.82) is 0 Å². The number of nitrogens with one attached hydrogen (secondary N) is 1. The highest BCUT2D eigenvalue weighted by Gasteiger charge is 2.06. The van der Waals surface area contributed by atoms with Gasteiger partial charge in [-0.15, -0.1) is 0 Å². The fourth-order valence-corrected chi connectivity index (χ4v) is 2.73. The van der Waals surface area contributed by atoms with Crippen LogP contribution in [0.3, 0.4) is 0 Å². The molecule has 2 N–H and O–H groups in total. The SMILES string of the molecule is CCCCCCCC/C=C\CCCCCCCCNC(=O)[C@@H](C)O. The van der Waals surface area contributed by atoms with Crippen LogP contribution in [0, 0.1) is 0 Å². The fraction of sp³-hybridized carbons (Fsp3) is 0.857. The molecule has 1 atom stereocenters. The van der Waals surface area contributed by atoms with Crippen LogP contribution in [0.4, 0.5) is 0 Å². The molecule has 0 aromatic heterocycles. The minimum atomic E-state index is -0.890. The van der Waals surface area contributed by atoms with Crippen molar-refractivity contribution >= 4 is 5.91 Å². The van der Waals surface area contributed by atoms with Gasteiger partial charge in [0.15, 0.2) is 0 Å². The molecular formula is C21H41NO2. The number of amides is 1. The first kappa shape index (κ1) is 23.2. The molecule has 0 spiro atoms. The first-order valence-corrected chi connectivity index (χ1v) is 10.3. The van der Waals surface area contributed by atoms with Gasteiger partial charge in [0, 0.05) is 6.54 Å². The van der Waals surface area contributed by atoms with E-state index < -0.39 is 6.10 Å². The average molecular weight is 340 g/mol. The van der Waals surface area contributed by atoms with Crippen molar-refractivity contribution in [2.45, 2.75) is 110 Å². The molecule has 0 aromatic rings. The molecule has 1 amide bonds. The Morgan fingerprint density at radius 2 is 1.29 bits per heavy atom. The van der Waals surface area contributed by atoms with Crippen LogP contribution in [0.2, 0.25) is 0 Å². The topological polar surface area (TPSA) is 49.3 Å². The van der Waals surface area contributed by atoms with Crippen molar-refractivity contribution in [3.63, 3.8) is 0 Å². The number of carbonyl (C=O) groups is 1. The zero-order valence-electron chi connectivity index (χ0n) is 16.2. The van der Waals surface area contributed by atoms with Gasteiger partial charge in [0.2, 0.25) is 5.91 Å². The molecule has 24 heavy (non-hydrogen) atoms. The lowest BCUT2D eigenvalue weighted by atomic mass is 10.1. The van der Waals surface area contributed by atoms with Crippen LogP contribution < -0.4 is 5.32 Å². The Balaban J connectivity index is 3.14. The van der Waals surface area contributed by atoms with Crippen molar-refractivity contribution < 1.29 is 9.90 Å². The van der Waals surface area contributed by atoms with E-state index in [9.17, 15) is 4.79 Å². The number of rotatable bonds is 17. The minimum Gasteiger partial charge on any atom is -0.384 e. The Morgan fingerprint density at radius 1 is 0.833 bits per heavy atom. The van der Waals surface area contributed by atoms with Gasteiger partial charge in [0.05, 0.1) is 0 Å². The molecular weight excluding hydrogens is 298 g/mol. The average Bonchev–Trinajstić information content (AvgIpc) is 2.57. The summed E-state index contributed by atoms with van der Waals surface area (Å²) in [6, 6.07) is 0. The lowest BCUT2D eigenvalue weighted by Gasteiger charge is -2.06. The third kappa shape index (κ3) is 17.5. The molecule has 0 radical (unpaired) electrons. The molecule has 0 aliphatic heterocycles. The van der Waals surface area contributed by atoms with Crippen LogP contribution in [0.15, 0.2) is 12.2 Å². The Labute approximate surface area is 150 Å². The molecule has 0 bridgehead atoms. The second kappa shape index (κ2) is 18.5. The molecule has 0 aromatic carbocycles. The van der Waals surface area contributed by atoms with E-state index in [1.165, 1.54) is 84.0 Å². The number of hydrogen-bond donors (Lipinski definition) is 2. The van der Waals surface area contributed by atoms with Gasteiger partial charge in [0.1, 0.15) is 6.10 Å². The van der Waals surface area contributed by atoms with Gasteiger partial charge in [-0.1, -0.05) is 76.9 Å². The smallest absolute Gasteiger partial charge is 0.248 e. The van der Waals surface area contributed by atoms with Gasteiger partial charge in [-0.25, -0.2) is 0 Å². The quantitative estimate of drug-likeness (QED) is 0.271. The van der Waals surface area contributed by atoms with Crippen LogP contribution in [-0.2, 0) is 4.79 Å². The van der Waals surface area contributed by atoms with Crippen molar-refractivity contribution in [3.8, 4) is 0 Å². The molecule has 0 fully saturated rings. The number of carbonyl (C=O) groups excluding carboxylic acids is 1. The summed E-state index contributed by atoms with van der Waals surface area (Å²) in [5, 5.41) is 11.8. The zero-order valence-corrected chi connectivity index (χ0v) is 16.2. The Bertz CT molecular complexity index is 300. The Kier molecular flexibility index (Phi) is 17.9. The van der Waals surface area contributed by atoms with Crippen LogP contribution >= 0.6 is 0 Å². The van der Waals surface area contributed by atoms with E-state index in [2.05, 4.69) is 24.4 Å². The molecule has 0 heterocycles. The maximum absolute atomic E-state index is 11.1. The first-order valence-electron chi connectivity index (χ1n) is 10.3. The molecule has 0 aliphatic carbocycles. The molecule has 3 heteroatoms. The zero-order chi connectivity index (χ0) is 17.9. The minimum absolute atomic E-state index is 0.261. The summed E-state index contributed by atoms with van der Waals surface area (Å²) in [7, 11) is 0. The maximum atomic E-state index is 11.1. The molecule has 0 saturated heterocycles. The fourth-order valence-electron chi connectivity index (χ4n) is 2.73. The van der Waals surface area contributed by atoms with Crippen LogP contribution in [-0.4, -0.2) is 23.7 Å². The van der Waals surface area contributed by atoms with E-state index in [-0.39, 0.29) is 5.91 Å². The summed E-state index contributed by atoms with van der Waals surface area (Å²) in [5.41, 5.74) is 0. The monoisotopic (exact) mass is 339 g/mol. The third-order valence-electron chi connectivity index (χ3n) is 4.37. The van der Waals surface area contributed by atoms with E-state index in [1.54, 1.807) is 0 Å². The molecule has 142 valence electrons. The summed E-state index contributed by atoms with van der Waals surface area (Å²) in [6.45, 7) is 4.45. The highest BCUT2D eigenvalue weighted by atomic mass is 16.3. The molecule has 0 rings (SSSR count). The standard InChI is InChI=1S/C21H41NO2/c1-3-4-5-6-7-8-9-10-11-12-13-14-15-16-17-18-19-22-21(24)20(2)23/h10-11,20,23H,3-9,12-19H2,1-2H3,(H,22,24)/b11-10-/t20-/m1/s1. The van der Waals surface area contributed by atoms with E-state index in [0.717, 1.165) is 12.8 Å². The molecule has 0 aliphatic rings. The Hall–Kier alpha value is -0.830. The third-order valence-corrected chi connectivity index (χ3v) is 4.37. The van der Waals surface area contributed by atoms with Gasteiger partial charge in [-0.3, -0.25) is 4.79 Å². The Morgan fingerprint density at radius 3 is 1.79 bits per heavy atom. The van der Waals surface area contributed by atoms with Crippen molar-refractivity contribution in [1.82, 2.24) is 5.32 Å². The molecule has 3 nitrogen and oxygen atoms in total. The van der Waals surface area contributed by atoms with Crippen molar-refractivity contribution in [2.75, 3.05) is 6.54 Å². The largest absolute Gasteiger partial charge is 0.384 e. The van der Waals surface area contributed by atoms with Gasteiger partial charge in [-0.05, 0) is 39.0 Å². The maximum Gasteiger partial charge on any atom is 0.248 e. The lowest BCUT2D eigenvalue weighted by Crippen LogP contribution is -2.33. The van der Waals surface area contributed by atoms with Gasteiger partial charge < -0.3 is 10.4 Å². The van der Waals surface area contributed by atoms with E-state index >= 15 is 0 Å². The summed E-state index contributed by atoms with van der Waals surface area (Å²) in [5.74, 6) is -0.261. The summed E-state index contributed by atoms with van der Waals surface area (Å²) in [4.78, 5) is 11.1. The summed E-state index contributed by atoms with van der Waals surface area (Å²) < 4.78 is 0.